The molecule has 1 N–H and O–H groups in total. The number of halogens is 2. The lowest BCUT2D eigenvalue weighted by molar-refractivity contribution is -0.0493. The molecule has 7 heteroatoms. The monoisotopic (exact) mass is 417 g/mol. The minimum atomic E-state index is -2.97. The van der Waals surface area contributed by atoms with Crippen LogP contribution in [0.3, 0.4) is 0 Å². The summed E-state index contributed by atoms with van der Waals surface area (Å²) in [4.78, 5) is 13.0. The highest BCUT2D eigenvalue weighted by Gasteiger charge is 2.15. The van der Waals surface area contributed by atoms with Crippen LogP contribution in [0.4, 0.5) is 14.5 Å². The van der Waals surface area contributed by atoms with E-state index in [1.54, 1.807) is 25.1 Å². The molecule has 0 bridgehead atoms. The van der Waals surface area contributed by atoms with Crippen LogP contribution < -0.4 is 14.8 Å². The van der Waals surface area contributed by atoms with Crippen molar-refractivity contribution in [1.29, 1.82) is 0 Å². The Morgan fingerprint density at radius 3 is 2.66 bits per heavy atom. The van der Waals surface area contributed by atoms with Gasteiger partial charge >= 0.3 is 6.61 Å². The van der Waals surface area contributed by atoms with Crippen molar-refractivity contribution >= 4 is 22.9 Å². The number of benzene rings is 2. The van der Waals surface area contributed by atoms with Gasteiger partial charge in [0.1, 0.15) is 18.1 Å². The summed E-state index contributed by atoms with van der Waals surface area (Å²) in [5.74, 6) is 0.336. The van der Waals surface area contributed by atoms with Crippen molar-refractivity contribution in [2.45, 2.75) is 34.0 Å². The molecule has 1 aromatic heterocycles. The first-order chi connectivity index (χ1) is 13.8. The maximum atomic E-state index is 12.6. The second kappa shape index (κ2) is 9.05. The smallest absolute Gasteiger partial charge is 0.387 e. The number of alkyl halides is 2. The van der Waals surface area contributed by atoms with E-state index in [1.807, 2.05) is 37.4 Å². The summed E-state index contributed by atoms with van der Waals surface area (Å²) in [6.07, 6.45) is 0. The average Bonchev–Trinajstić information content (AvgIpc) is 3.14. The largest absolute Gasteiger partial charge is 0.489 e. The van der Waals surface area contributed by atoms with E-state index in [-0.39, 0.29) is 11.4 Å². The Morgan fingerprint density at radius 2 is 1.90 bits per heavy atom. The van der Waals surface area contributed by atoms with Crippen molar-refractivity contribution in [3.05, 3.63) is 75.0 Å². The van der Waals surface area contributed by atoms with Gasteiger partial charge in [0, 0.05) is 5.56 Å². The molecular formula is C22H21F2NO3S. The first kappa shape index (κ1) is 20.8. The predicted octanol–water partition coefficient (Wildman–Crippen LogP) is 6.11. The summed E-state index contributed by atoms with van der Waals surface area (Å²) in [5.41, 5.74) is 4.10. The molecule has 1 amide bonds. The van der Waals surface area contributed by atoms with Crippen molar-refractivity contribution in [3.8, 4) is 11.5 Å². The zero-order valence-electron chi connectivity index (χ0n) is 16.3. The highest BCUT2D eigenvalue weighted by atomic mass is 32.1. The lowest BCUT2D eigenvalue weighted by Crippen LogP contribution is -2.13. The number of anilines is 1. The fourth-order valence-electron chi connectivity index (χ4n) is 2.74. The van der Waals surface area contributed by atoms with Crippen LogP contribution in [0.25, 0.3) is 0 Å². The lowest BCUT2D eigenvalue weighted by atomic mass is 10.1. The van der Waals surface area contributed by atoms with Gasteiger partial charge in [0.25, 0.3) is 5.91 Å². The van der Waals surface area contributed by atoms with E-state index in [0.29, 0.717) is 11.5 Å². The predicted molar refractivity (Wildman–Crippen MR) is 110 cm³/mol. The highest BCUT2D eigenvalue weighted by molar-refractivity contribution is 7.12. The quantitative estimate of drug-likeness (QED) is 0.505. The zero-order chi connectivity index (χ0) is 21.0. The topological polar surface area (TPSA) is 47.6 Å². The van der Waals surface area contributed by atoms with Crippen LogP contribution in [0.15, 0.2) is 47.8 Å². The molecule has 4 nitrogen and oxygen atoms in total. The molecular weight excluding hydrogens is 396 g/mol. The fourth-order valence-corrected chi connectivity index (χ4v) is 3.53. The number of thiophene rings is 1. The van der Waals surface area contributed by atoms with Gasteiger partial charge < -0.3 is 14.8 Å². The molecule has 0 radical (unpaired) electrons. The molecule has 0 unspecified atom stereocenters. The number of hydrogen-bond acceptors (Lipinski definition) is 4. The van der Waals surface area contributed by atoms with E-state index in [2.05, 4.69) is 10.1 Å². The molecule has 29 heavy (non-hydrogen) atoms. The molecule has 0 aliphatic rings. The number of aryl methyl sites for hydroxylation is 2. The molecule has 2 aromatic carbocycles. The van der Waals surface area contributed by atoms with Gasteiger partial charge in [0.2, 0.25) is 0 Å². The molecule has 3 rings (SSSR count). The van der Waals surface area contributed by atoms with Gasteiger partial charge in [-0.2, -0.15) is 8.78 Å². The maximum absolute atomic E-state index is 12.6. The number of nitrogens with one attached hydrogen (secondary N) is 1. The number of hydrogen-bond donors (Lipinski definition) is 1. The molecule has 0 spiro atoms. The van der Waals surface area contributed by atoms with Crippen LogP contribution >= 0.6 is 11.3 Å². The summed E-state index contributed by atoms with van der Waals surface area (Å²) >= 11 is 1.26. The summed E-state index contributed by atoms with van der Waals surface area (Å²) in [7, 11) is 0. The molecule has 0 aliphatic carbocycles. The van der Waals surface area contributed by atoms with Gasteiger partial charge in [-0.3, -0.25) is 4.79 Å². The van der Waals surface area contributed by atoms with Gasteiger partial charge in [0.15, 0.2) is 0 Å². The molecule has 0 atom stereocenters. The third-order valence-corrected chi connectivity index (χ3v) is 5.40. The Kier molecular flexibility index (Phi) is 6.49. The minimum absolute atomic E-state index is 0.0750. The third-order valence-electron chi connectivity index (χ3n) is 4.43. The van der Waals surface area contributed by atoms with Crippen LogP contribution in [0, 0.1) is 20.8 Å². The van der Waals surface area contributed by atoms with Crippen molar-refractivity contribution in [1.82, 2.24) is 0 Å². The fraction of sp³-hybridized carbons (Fsp3) is 0.227. The van der Waals surface area contributed by atoms with E-state index in [4.69, 9.17) is 4.74 Å². The Morgan fingerprint density at radius 1 is 1.10 bits per heavy atom. The van der Waals surface area contributed by atoms with Crippen molar-refractivity contribution < 1.29 is 23.0 Å². The summed E-state index contributed by atoms with van der Waals surface area (Å²) < 4.78 is 35.5. The second-order valence-corrected chi connectivity index (χ2v) is 7.55. The maximum Gasteiger partial charge on any atom is 0.387 e. The van der Waals surface area contributed by atoms with Crippen LogP contribution in [-0.2, 0) is 6.61 Å². The van der Waals surface area contributed by atoms with Gasteiger partial charge in [-0.15, -0.1) is 11.3 Å². The van der Waals surface area contributed by atoms with Gasteiger partial charge in [-0.05, 0) is 67.1 Å². The molecule has 0 saturated heterocycles. The van der Waals surface area contributed by atoms with E-state index in [9.17, 15) is 13.6 Å². The van der Waals surface area contributed by atoms with Crippen molar-refractivity contribution in [3.63, 3.8) is 0 Å². The Labute approximate surface area is 172 Å². The van der Waals surface area contributed by atoms with E-state index >= 15 is 0 Å². The van der Waals surface area contributed by atoms with E-state index in [0.717, 1.165) is 28.0 Å². The normalized spacial score (nSPS) is 10.8. The number of carbonyl (C=O) groups is 1. The lowest BCUT2D eigenvalue weighted by Gasteiger charge is -2.12. The Balaban J connectivity index is 1.68. The highest BCUT2D eigenvalue weighted by Crippen LogP contribution is 2.29. The molecule has 3 aromatic rings. The third kappa shape index (κ3) is 5.32. The average molecular weight is 417 g/mol. The Hall–Kier alpha value is -2.93. The first-order valence-corrected chi connectivity index (χ1v) is 9.84. The molecule has 1 heterocycles. The van der Waals surface area contributed by atoms with E-state index < -0.39 is 12.5 Å². The SMILES string of the molecule is Cc1ccc(OC(F)F)c(NC(=O)c2cc(COc3cccc(C)c3C)cs2)c1. The number of rotatable bonds is 7. The number of ether oxygens (including phenoxy) is 2. The molecule has 0 fully saturated rings. The molecule has 0 aliphatic heterocycles. The summed E-state index contributed by atoms with van der Waals surface area (Å²) in [5, 5.41) is 4.49. The minimum Gasteiger partial charge on any atom is -0.489 e. The second-order valence-electron chi connectivity index (χ2n) is 6.64. The van der Waals surface area contributed by atoms with Crippen molar-refractivity contribution in [2.75, 3.05) is 5.32 Å². The van der Waals surface area contributed by atoms with Gasteiger partial charge in [0.05, 0.1) is 10.6 Å². The molecule has 0 saturated carbocycles. The zero-order valence-corrected chi connectivity index (χ0v) is 17.1. The number of carbonyl (C=O) groups excluding carboxylic acids is 1. The van der Waals surface area contributed by atoms with Crippen LogP contribution in [0.5, 0.6) is 11.5 Å². The number of amides is 1. The van der Waals surface area contributed by atoms with Gasteiger partial charge in [-0.1, -0.05) is 18.2 Å². The molecule has 152 valence electrons. The Bertz CT molecular complexity index is 1020. The van der Waals surface area contributed by atoms with Gasteiger partial charge in [-0.25, -0.2) is 0 Å². The summed E-state index contributed by atoms with van der Waals surface area (Å²) in [6.45, 7) is 3.18. The van der Waals surface area contributed by atoms with Crippen molar-refractivity contribution in [2.24, 2.45) is 0 Å². The van der Waals surface area contributed by atoms with Crippen LogP contribution in [-0.4, -0.2) is 12.5 Å². The standard InChI is InChI=1S/C22H21F2NO3S/c1-13-7-8-19(28-22(23)24)17(9-13)25-21(26)20-10-16(12-29-20)11-27-18-6-4-5-14(2)15(18)3/h4-10,12,22H,11H2,1-3H3,(H,25,26). The summed E-state index contributed by atoms with van der Waals surface area (Å²) in [6, 6.07) is 12.2. The van der Waals surface area contributed by atoms with E-state index in [1.165, 1.54) is 17.4 Å². The first-order valence-electron chi connectivity index (χ1n) is 8.96. The van der Waals surface area contributed by atoms with Crippen LogP contribution in [0.1, 0.15) is 31.9 Å². The van der Waals surface area contributed by atoms with Crippen LogP contribution in [0.2, 0.25) is 0 Å².